The van der Waals surface area contributed by atoms with E-state index < -0.39 is 10.1 Å². The van der Waals surface area contributed by atoms with Gasteiger partial charge >= 0.3 is 10.1 Å². The van der Waals surface area contributed by atoms with Gasteiger partial charge in [-0.05, 0) is 26.0 Å². The molecule has 0 saturated carbocycles. The van der Waals surface area contributed by atoms with Crippen LogP contribution in [0.15, 0.2) is 34.3 Å². The Morgan fingerprint density at radius 2 is 1.80 bits per heavy atom. The summed E-state index contributed by atoms with van der Waals surface area (Å²) >= 11 is 0. The Balaban J connectivity index is 0.000000796. The Kier molecular flexibility index (Phi) is 7.64. The third-order valence-corrected chi connectivity index (χ3v) is 3.02. The number of benzene rings is 1. The Hall–Kier alpha value is -2.38. The molecule has 0 unspecified atom stereocenters. The third kappa shape index (κ3) is 6.53. The second kappa shape index (κ2) is 8.68. The molecule has 1 rings (SSSR count). The standard InChI is InChI=1S/C10H10N2O3S.C3H5N/c1-8-4-6-10(7-5-8)16(13,14)15-12-9(2)11-3;1-3-4-2/h4-7H,1-2H3;3H2,1H3/b12-9+;. The van der Waals surface area contributed by atoms with Gasteiger partial charge in [-0.3, -0.25) is 0 Å². The van der Waals surface area contributed by atoms with Crippen molar-refractivity contribution in [3.8, 4) is 0 Å². The third-order valence-electron chi connectivity index (χ3n) is 1.90. The quantitative estimate of drug-likeness (QED) is 0.372. The van der Waals surface area contributed by atoms with Crippen molar-refractivity contribution >= 4 is 16.0 Å². The van der Waals surface area contributed by atoms with Crippen LogP contribution < -0.4 is 0 Å². The van der Waals surface area contributed by atoms with E-state index in [1.165, 1.54) is 19.1 Å². The molecule has 106 valence electrons. The summed E-state index contributed by atoms with van der Waals surface area (Å²) in [7, 11) is -3.91. The molecule has 0 atom stereocenters. The van der Waals surface area contributed by atoms with Crippen molar-refractivity contribution in [2.24, 2.45) is 5.16 Å². The number of amidine groups is 1. The highest BCUT2D eigenvalue weighted by Crippen LogP contribution is 2.13. The van der Waals surface area contributed by atoms with Gasteiger partial charge in [0.2, 0.25) is 6.54 Å². The molecular formula is C13H15N3O3S. The summed E-state index contributed by atoms with van der Waals surface area (Å²) in [6.07, 6.45) is 0. The average Bonchev–Trinajstić information content (AvgIpc) is 2.45. The molecule has 0 saturated heterocycles. The molecule has 0 fully saturated rings. The molecule has 6 nitrogen and oxygen atoms in total. The number of rotatable bonds is 3. The zero-order chi connectivity index (χ0) is 15.6. The fraction of sp³-hybridized carbons (Fsp3) is 0.308. The van der Waals surface area contributed by atoms with E-state index in [4.69, 9.17) is 13.1 Å². The van der Waals surface area contributed by atoms with Crippen LogP contribution in [0.25, 0.3) is 9.69 Å². The van der Waals surface area contributed by atoms with Crippen LogP contribution in [0.3, 0.4) is 0 Å². The van der Waals surface area contributed by atoms with E-state index in [1.54, 1.807) is 12.1 Å². The maximum Gasteiger partial charge on any atom is 0.378 e. The number of hydrogen-bond donors (Lipinski definition) is 0. The van der Waals surface area contributed by atoms with Crippen molar-refractivity contribution in [2.75, 3.05) is 6.54 Å². The molecule has 0 aliphatic rings. The van der Waals surface area contributed by atoms with Gasteiger partial charge in [0.25, 0.3) is 5.84 Å². The summed E-state index contributed by atoms with van der Waals surface area (Å²) in [4.78, 5) is 5.91. The summed E-state index contributed by atoms with van der Waals surface area (Å²) in [5, 5.41) is 3.19. The van der Waals surface area contributed by atoms with Crippen molar-refractivity contribution < 1.29 is 12.7 Å². The van der Waals surface area contributed by atoms with Gasteiger partial charge in [-0.15, -0.1) is 0 Å². The first kappa shape index (κ1) is 17.6. The van der Waals surface area contributed by atoms with Gasteiger partial charge in [-0.1, -0.05) is 24.3 Å². The van der Waals surface area contributed by atoms with Crippen LogP contribution in [0.2, 0.25) is 0 Å². The lowest BCUT2D eigenvalue weighted by molar-refractivity contribution is 0.339. The summed E-state index contributed by atoms with van der Waals surface area (Å²) in [5.41, 5.74) is 0.944. The van der Waals surface area contributed by atoms with Gasteiger partial charge in [0, 0.05) is 6.92 Å². The molecule has 0 bridgehead atoms. The fourth-order valence-corrected chi connectivity index (χ4v) is 1.63. The van der Waals surface area contributed by atoms with Crippen molar-refractivity contribution in [2.45, 2.75) is 25.7 Å². The molecule has 1 aromatic rings. The number of hydrogen-bond acceptors (Lipinski definition) is 4. The van der Waals surface area contributed by atoms with E-state index in [-0.39, 0.29) is 10.7 Å². The van der Waals surface area contributed by atoms with Crippen molar-refractivity contribution in [3.05, 3.63) is 52.7 Å². The fourth-order valence-electron chi connectivity index (χ4n) is 0.871. The summed E-state index contributed by atoms with van der Waals surface area (Å²) in [6, 6.07) is 6.16. The number of oxime groups is 1. The van der Waals surface area contributed by atoms with E-state index in [0.717, 1.165) is 5.56 Å². The number of aryl methyl sites for hydroxylation is 1. The van der Waals surface area contributed by atoms with Gasteiger partial charge < -0.3 is 9.69 Å². The van der Waals surface area contributed by atoms with Crippen molar-refractivity contribution in [1.82, 2.24) is 0 Å². The first-order valence-electron chi connectivity index (χ1n) is 5.63. The molecule has 0 aliphatic heterocycles. The zero-order valence-corrected chi connectivity index (χ0v) is 12.3. The summed E-state index contributed by atoms with van der Waals surface area (Å²) in [6.45, 7) is 18.3. The van der Waals surface area contributed by atoms with E-state index in [1.807, 2.05) is 13.8 Å². The zero-order valence-electron chi connectivity index (χ0n) is 11.5. The maximum absolute atomic E-state index is 11.5. The second-order valence-corrected chi connectivity index (χ2v) is 5.10. The molecular weight excluding hydrogens is 278 g/mol. The molecule has 0 aromatic heterocycles. The minimum Gasteiger partial charge on any atom is -0.361 e. The largest absolute Gasteiger partial charge is 0.378 e. The van der Waals surface area contributed by atoms with Crippen LogP contribution in [0.5, 0.6) is 0 Å². The SMILES string of the molecule is [C-]#[N+]/C(C)=N/OS(=O)(=O)c1ccc(C)cc1.[C-]#[N+]CC. The Bertz CT molecular complexity index is 635. The van der Waals surface area contributed by atoms with Crippen LogP contribution in [0.1, 0.15) is 19.4 Å². The second-order valence-electron chi connectivity index (χ2n) is 3.57. The predicted molar refractivity (Wildman–Crippen MR) is 76.3 cm³/mol. The molecule has 0 radical (unpaired) electrons. The molecule has 0 spiro atoms. The van der Waals surface area contributed by atoms with Crippen LogP contribution in [-0.4, -0.2) is 20.8 Å². The Morgan fingerprint density at radius 3 is 2.20 bits per heavy atom. The van der Waals surface area contributed by atoms with Gasteiger partial charge in [-0.25, -0.2) is 6.57 Å². The first-order valence-corrected chi connectivity index (χ1v) is 7.03. The van der Waals surface area contributed by atoms with Gasteiger partial charge in [-0.2, -0.15) is 12.7 Å². The highest BCUT2D eigenvalue weighted by Gasteiger charge is 2.17. The van der Waals surface area contributed by atoms with Gasteiger partial charge in [0.1, 0.15) is 4.90 Å². The number of nitrogens with zero attached hydrogens (tertiary/aromatic N) is 3. The van der Waals surface area contributed by atoms with E-state index in [2.05, 4.69) is 19.1 Å². The first-order chi connectivity index (χ1) is 9.37. The minimum atomic E-state index is -3.91. The lowest BCUT2D eigenvalue weighted by Gasteiger charge is -1.98. The van der Waals surface area contributed by atoms with Crippen LogP contribution >= 0.6 is 0 Å². The van der Waals surface area contributed by atoms with Crippen LogP contribution in [0.4, 0.5) is 0 Å². The van der Waals surface area contributed by atoms with E-state index in [0.29, 0.717) is 6.54 Å². The van der Waals surface area contributed by atoms with E-state index >= 15 is 0 Å². The monoisotopic (exact) mass is 293 g/mol. The van der Waals surface area contributed by atoms with Gasteiger partial charge in [0.15, 0.2) is 0 Å². The molecule has 0 aliphatic carbocycles. The van der Waals surface area contributed by atoms with Crippen LogP contribution in [-0.2, 0) is 14.4 Å². The van der Waals surface area contributed by atoms with Crippen molar-refractivity contribution in [3.63, 3.8) is 0 Å². The topological polar surface area (TPSA) is 64.5 Å². The predicted octanol–water partition coefficient (Wildman–Crippen LogP) is 2.88. The summed E-state index contributed by atoms with van der Waals surface area (Å²) in [5.74, 6) is -0.0734. The normalized spacial score (nSPS) is 10.6. The molecule has 1 aromatic carbocycles. The lowest BCUT2D eigenvalue weighted by atomic mass is 10.2. The van der Waals surface area contributed by atoms with Gasteiger partial charge in [0.05, 0.1) is 5.16 Å². The maximum atomic E-state index is 11.5. The highest BCUT2D eigenvalue weighted by molar-refractivity contribution is 7.86. The minimum absolute atomic E-state index is 0.0135. The average molecular weight is 293 g/mol. The lowest BCUT2D eigenvalue weighted by Crippen LogP contribution is -2.03. The van der Waals surface area contributed by atoms with E-state index in [9.17, 15) is 8.42 Å². The molecule has 0 N–H and O–H groups in total. The molecule has 0 amide bonds. The molecule has 0 heterocycles. The molecule has 7 heteroatoms. The highest BCUT2D eigenvalue weighted by atomic mass is 32.2. The Morgan fingerprint density at radius 1 is 1.30 bits per heavy atom. The smallest absolute Gasteiger partial charge is 0.361 e. The van der Waals surface area contributed by atoms with Crippen LogP contribution in [0, 0.1) is 20.1 Å². The van der Waals surface area contributed by atoms with Crippen molar-refractivity contribution in [1.29, 1.82) is 0 Å². The molecule has 20 heavy (non-hydrogen) atoms. The summed E-state index contributed by atoms with van der Waals surface area (Å²) < 4.78 is 27.4. The Labute approximate surface area is 119 Å².